The maximum absolute atomic E-state index is 11.1. The van der Waals surface area contributed by atoms with Gasteiger partial charge in [-0.05, 0) is 30.5 Å². The first-order valence-corrected chi connectivity index (χ1v) is 6.79. The fourth-order valence-corrected chi connectivity index (χ4v) is 2.46. The normalized spacial score (nSPS) is 13.9. The first-order chi connectivity index (χ1) is 6.81. The molecule has 15 heavy (non-hydrogen) atoms. The zero-order chi connectivity index (χ0) is 11.6. The number of hydrogen-bond acceptors (Lipinski definition) is 3. The van der Waals surface area contributed by atoms with Crippen LogP contribution in [0.3, 0.4) is 0 Å². The van der Waals surface area contributed by atoms with Gasteiger partial charge in [0.15, 0.2) is 0 Å². The molecule has 0 amide bonds. The third kappa shape index (κ3) is 3.32. The molecule has 0 saturated heterocycles. The van der Waals surface area contributed by atoms with Gasteiger partial charge in [-0.25, -0.2) is 8.42 Å². The maximum atomic E-state index is 11.1. The van der Waals surface area contributed by atoms with Gasteiger partial charge in [0, 0.05) is 6.26 Å². The Kier molecular flexibility index (Phi) is 3.52. The third-order valence-corrected chi connectivity index (χ3v) is 3.26. The van der Waals surface area contributed by atoms with Gasteiger partial charge >= 0.3 is 0 Å². The second kappa shape index (κ2) is 4.33. The Morgan fingerprint density at radius 3 is 2.13 bits per heavy atom. The van der Waals surface area contributed by atoms with Crippen molar-refractivity contribution >= 4 is 9.84 Å². The molecule has 0 aliphatic rings. The van der Waals surface area contributed by atoms with Crippen LogP contribution in [0, 0.1) is 13.8 Å². The molecule has 0 spiro atoms. The van der Waals surface area contributed by atoms with Gasteiger partial charge in [0.1, 0.15) is 9.84 Å². The summed E-state index contributed by atoms with van der Waals surface area (Å²) in [5.74, 6) is -0.224. The van der Waals surface area contributed by atoms with Crippen LogP contribution in [-0.2, 0) is 9.84 Å². The largest absolute Gasteiger partial charge is 0.387 e. The van der Waals surface area contributed by atoms with E-state index in [1.807, 2.05) is 32.0 Å². The van der Waals surface area contributed by atoms with Crippen LogP contribution in [0.5, 0.6) is 0 Å². The molecule has 0 radical (unpaired) electrons. The molecule has 1 atom stereocenters. The van der Waals surface area contributed by atoms with Crippen molar-refractivity contribution in [3.63, 3.8) is 0 Å². The van der Waals surface area contributed by atoms with Crippen LogP contribution < -0.4 is 0 Å². The highest BCUT2D eigenvalue weighted by Crippen LogP contribution is 2.22. The Balaban J connectivity index is 3.06. The molecule has 0 heterocycles. The van der Waals surface area contributed by atoms with Crippen LogP contribution in [-0.4, -0.2) is 25.5 Å². The van der Waals surface area contributed by atoms with E-state index >= 15 is 0 Å². The molecule has 1 unspecified atom stereocenters. The van der Waals surface area contributed by atoms with Crippen LogP contribution in [0.15, 0.2) is 18.2 Å². The minimum atomic E-state index is -3.16. The van der Waals surface area contributed by atoms with Gasteiger partial charge in [-0.1, -0.05) is 18.2 Å². The average molecular weight is 228 g/mol. The topological polar surface area (TPSA) is 54.4 Å². The van der Waals surface area contributed by atoms with Crippen LogP contribution in [0.2, 0.25) is 0 Å². The van der Waals surface area contributed by atoms with E-state index in [0.717, 1.165) is 22.9 Å². The molecule has 84 valence electrons. The summed E-state index contributed by atoms with van der Waals surface area (Å²) in [6.45, 7) is 3.74. The molecule has 1 rings (SSSR count). The zero-order valence-corrected chi connectivity index (χ0v) is 10.0. The molecule has 1 aromatic rings. The standard InChI is InChI=1S/C11H16O3S/c1-8-5-4-6-9(2)11(8)10(12)7-15(3,13)14/h4-6,10,12H,7H2,1-3H3. The van der Waals surface area contributed by atoms with Crippen molar-refractivity contribution in [1.29, 1.82) is 0 Å². The van der Waals surface area contributed by atoms with Crippen molar-refractivity contribution in [2.75, 3.05) is 12.0 Å². The van der Waals surface area contributed by atoms with E-state index in [1.54, 1.807) is 0 Å². The summed E-state index contributed by atoms with van der Waals surface area (Å²) in [5.41, 5.74) is 2.57. The van der Waals surface area contributed by atoms with Gasteiger partial charge < -0.3 is 5.11 Å². The van der Waals surface area contributed by atoms with Crippen molar-refractivity contribution in [2.45, 2.75) is 20.0 Å². The summed E-state index contributed by atoms with van der Waals surface area (Å²) < 4.78 is 22.2. The van der Waals surface area contributed by atoms with Gasteiger partial charge in [0.05, 0.1) is 11.9 Å². The molecule has 1 aromatic carbocycles. The minimum absolute atomic E-state index is 0.224. The molecule has 0 aliphatic carbocycles. The first kappa shape index (κ1) is 12.2. The summed E-state index contributed by atoms with van der Waals surface area (Å²) in [7, 11) is -3.16. The molecule has 4 heteroatoms. The smallest absolute Gasteiger partial charge is 0.150 e. The van der Waals surface area contributed by atoms with E-state index in [0.29, 0.717) is 0 Å². The van der Waals surface area contributed by atoms with Crippen LogP contribution in [0.4, 0.5) is 0 Å². The Morgan fingerprint density at radius 2 is 1.73 bits per heavy atom. The van der Waals surface area contributed by atoms with Crippen LogP contribution >= 0.6 is 0 Å². The highest BCUT2D eigenvalue weighted by Gasteiger charge is 2.17. The number of benzene rings is 1. The van der Waals surface area contributed by atoms with Crippen molar-refractivity contribution < 1.29 is 13.5 Å². The number of hydrogen-bond donors (Lipinski definition) is 1. The predicted molar refractivity (Wildman–Crippen MR) is 60.6 cm³/mol. The van der Waals surface area contributed by atoms with E-state index in [1.165, 1.54) is 0 Å². The lowest BCUT2D eigenvalue weighted by molar-refractivity contribution is 0.200. The molecule has 3 nitrogen and oxygen atoms in total. The summed E-state index contributed by atoms with van der Waals surface area (Å²) in [4.78, 5) is 0. The lowest BCUT2D eigenvalue weighted by Gasteiger charge is -2.15. The fourth-order valence-electron chi connectivity index (χ4n) is 1.72. The van der Waals surface area contributed by atoms with Gasteiger partial charge in [-0.3, -0.25) is 0 Å². The molecular formula is C11H16O3S. The number of aryl methyl sites for hydroxylation is 2. The van der Waals surface area contributed by atoms with Crippen LogP contribution in [0.1, 0.15) is 22.8 Å². The van der Waals surface area contributed by atoms with Gasteiger partial charge in [0.2, 0.25) is 0 Å². The minimum Gasteiger partial charge on any atom is -0.387 e. The third-order valence-electron chi connectivity index (χ3n) is 2.34. The van der Waals surface area contributed by atoms with E-state index in [4.69, 9.17) is 0 Å². The molecule has 0 aromatic heterocycles. The van der Waals surface area contributed by atoms with Crippen molar-refractivity contribution in [1.82, 2.24) is 0 Å². The highest BCUT2D eigenvalue weighted by molar-refractivity contribution is 7.90. The molecule has 0 saturated carbocycles. The Hall–Kier alpha value is -0.870. The predicted octanol–water partition coefficient (Wildman–Crippen LogP) is 1.38. The Morgan fingerprint density at radius 1 is 1.27 bits per heavy atom. The quantitative estimate of drug-likeness (QED) is 0.850. The molecule has 0 fully saturated rings. The molecule has 0 aliphatic heterocycles. The lowest BCUT2D eigenvalue weighted by Crippen LogP contribution is -2.14. The molecule has 1 N–H and O–H groups in total. The average Bonchev–Trinajstić information content (AvgIpc) is 1.99. The number of aliphatic hydroxyl groups is 1. The van der Waals surface area contributed by atoms with E-state index in [-0.39, 0.29) is 5.75 Å². The van der Waals surface area contributed by atoms with Crippen molar-refractivity contribution in [3.8, 4) is 0 Å². The van der Waals surface area contributed by atoms with E-state index in [9.17, 15) is 13.5 Å². The summed E-state index contributed by atoms with van der Waals surface area (Å²) in [6.07, 6.45) is 0.199. The highest BCUT2D eigenvalue weighted by atomic mass is 32.2. The zero-order valence-electron chi connectivity index (χ0n) is 9.19. The van der Waals surface area contributed by atoms with Gasteiger partial charge in [-0.15, -0.1) is 0 Å². The summed E-state index contributed by atoms with van der Waals surface area (Å²) in [6, 6.07) is 5.63. The van der Waals surface area contributed by atoms with E-state index in [2.05, 4.69) is 0 Å². The Bertz CT molecular complexity index is 429. The summed E-state index contributed by atoms with van der Waals surface area (Å²) >= 11 is 0. The van der Waals surface area contributed by atoms with Crippen LogP contribution in [0.25, 0.3) is 0 Å². The van der Waals surface area contributed by atoms with E-state index < -0.39 is 15.9 Å². The Labute approximate surface area is 90.7 Å². The second-order valence-corrected chi connectivity index (χ2v) is 6.10. The number of aliphatic hydroxyl groups excluding tert-OH is 1. The van der Waals surface area contributed by atoms with Crippen molar-refractivity contribution in [3.05, 3.63) is 34.9 Å². The molecular weight excluding hydrogens is 212 g/mol. The van der Waals surface area contributed by atoms with Gasteiger partial charge in [0.25, 0.3) is 0 Å². The van der Waals surface area contributed by atoms with Gasteiger partial charge in [-0.2, -0.15) is 0 Å². The lowest BCUT2D eigenvalue weighted by atomic mass is 9.99. The van der Waals surface area contributed by atoms with Crippen molar-refractivity contribution in [2.24, 2.45) is 0 Å². The summed E-state index contributed by atoms with van der Waals surface area (Å²) in [5, 5.41) is 9.84. The first-order valence-electron chi connectivity index (χ1n) is 4.73. The monoisotopic (exact) mass is 228 g/mol. The fraction of sp³-hybridized carbons (Fsp3) is 0.455. The second-order valence-electron chi connectivity index (χ2n) is 3.91. The SMILES string of the molecule is Cc1cccc(C)c1C(O)CS(C)(=O)=O. The molecule has 0 bridgehead atoms. The number of sulfone groups is 1. The maximum Gasteiger partial charge on any atom is 0.150 e. The number of rotatable bonds is 3.